The van der Waals surface area contributed by atoms with Crippen molar-refractivity contribution in [3.8, 4) is 0 Å². The second-order valence-electron chi connectivity index (χ2n) is 10.1. The Hall–Kier alpha value is -2.84. The lowest BCUT2D eigenvalue weighted by Crippen LogP contribution is -2.35. The average Bonchev–Trinajstić information content (AvgIpc) is 3.44. The van der Waals surface area contributed by atoms with Crippen LogP contribution in [0.5, 0.6) is 0 Å². The zero-order valence-corrected chi connectivity index (χ0v) is 21.7. The molecule has 4 rings (SSSR count). The van der Waals surface area contributed by atoms with E-state index < -0.39 is 0 Å². The first-order valence-electron chi connectivity index (χ1n) is 11.9. The fourth-order valence-corrected chi connectivity index (χ4v) is 5.29. The Bertz CT molecular complexity index is 1320. The molecule has 0 saturated carbocycles. The van der Waals surface area contributed by atoms with E-state index in [2.05, 4.69) is 96.6 Å². The molecule has 0 fully saturated rings. The molecular formula is C26H34N6OS. The van der Waals surface area contributed by atoms with Gasteiger partial charge in [0.05, 0.1) is 11.6 Å². The van der Waals surface area contributed by atoms with Crippen LogP contribution in [0.25, 0.3) is 10.9 Å². The van der Waals surface area contributed by atoms with E-state index in [1.165, 1.54) is 10.4 Å². The Labute approximate surface area is 204 Å². The van der Waals surface area contributed by atoms with E-state index in [4.69, 9.17) is 0 Å². The normalized spacial score (nSPS) is 13.1. The maximum absolute atomic E-state index is 13.2. The van der Waals surface area contributed by atoms with Crippen molar-refractivity contribution in [2.75, 3.05) is 0 Å². The lowest BCUT2D eigenvalue weighted by atomic mass is 10.0. The van der Waals surface area contributed by atoms with Gasteiger partial charge in [-0.1, -0.05) is 25.5 Å². The third-order valence-electron chi connectivity index (χ3n) is 6.13. The minimum Gasteiger partial charge on any atom is -0.322 e. The summed E-state index contributed by atoms with van der Waals surface area (Å²) < 4.78 is 1.92. The number of nitrogens with one attached hydrogen (secondary N) is 1. The third-order valence-corrected chi connectivity index (χ3v) is 6.99. The van der Waals surface area contributed by atoms with E-state index >= 15 is 0 Å². The molecule has 34 heavy (non-hydrogen) atoms. The van der Waals surface area contributed by atoms with Crippen LogP contribution in [0.2, 0.25) is 0 Å². The van der Waals surface area contributed by atoms with Crippen molar-refractivity contribution in [3.05, 3.63) is 73.5 Å². The Morgan fingerprint density at radius 3 is 2.65 bits per heavy atom. The molecule has 0 aliphatic heterocycles. The number of aromatic amines is 1. The highest BCUT2D eigenvalue weighted by Crippen LogP contribution is 2.31. The second-order valence-corrected chi connectivity index (χ2v) is 11.1. The minimum atomic E-state index is -0.241. The molecule has 0 unspecified atom stereocenters. The largest absolute Gasteiger partial charge is 0.322 e. The van der Waals surface area contributed by atoms with Crippen LogP contribution in [-0.4, -0.2) is 30.1 Å². The SMILES string of the molecule is CCC[C@@H](c1nnnn1C(C)(C)C)N(Cc1cccs1)Cc1cc2c(C)cc(C)cc2[nH]c1=O. The smallest absolute Gasteiger partial charge is 0.252 e. The molecule has 0 bridgehead atoms. The molecule has 3 aromatic heterocycles. The first-order valence-corrected chi connectivity index (χ1v) is 12.7. The number of rotatable bonds is 8. The van der Waals surface area contributed by atoms with Gasteiger partial charge in [-0.05, 0) is 86.2 Å². The van der Waals surface area contributed by atoms with Gasteiger partial charge < -0.3 is 4.98 Å². The van der Waals surface area contributed by atoms with Gasteiger partial charge in [0.25, 0.3) is 5.56 Å². The third kappa shape index (κ3) is 5.13. The lowest BCUT2D eigenvalue weighted by Gasteiger charge is -2.32. The summed E-state index contributed by atoms with van der Waals surface area (Å²) in [5.74, 6) is 0.843. The number of aromatic nitrogens is 5. The number of aryl methyl sites for hydroxylation is 2. The summed E-state index contributed by atoms with van der Waals surface area (Å²) in [6, 6.07) is 10.4. The fraction of sp³-hybridized carbons (Fsp3) is 0.462. The summed E-state index contributed by atoms with van der Waals surface area (Å²) in [6.07, 6.45) is 1.88. The number of nitrogens with zero attached hydrogens (tertiary/aromatic N) is 5. The molecular weight excluding hydrogens is 444 g/mol. The quantitative estimate of drug-likeness (QED) is 0.362. The van der Waals surface area contributed by atoms with Crippen molar-refractivity contribution < 1.29 is 0 Å². The van der Waals surface area contributed by atoms with Gasteiger partial charge in [0, 0.05) is 34.4 Å². The predicted molar refractivity (Wildman–Crippen MR) is 138 cm³/mol. The zero-order chi connectivity index (χ0) is 24.5. The Kier molecular flexibility index (Phi) is 7.00. The van der Waals surface area contributed by atoms with Crippen LogP contribution in [0, 0.1) is 13.8 Å². The van der Waals surface area contributed by atoms with Gasteiger partial charge in [-0.15, -0.1) is 16.4 Å². The molecule has 1 atom stereocenters. The van der Waals surface area contributed by atoms with E-state index in [9.17, 15) is 4.79 Å². The van der Waals surface area contributed by atoms with Gasteiger partial charge in [-0.2, -0.15) is 0 Å². The first-order chi connectivity index (χ1) is 16.2. The number of fused-ring (bicyclic) bond motifs is 1. The molecule has 0 spiro atoms. The van der Waals surface area contributed by atoms with Gasteiger partial charge in [-0.25, -0.2) is 4.68 Å². The van der Waals surface area contributed by atoms with Crippen LogP contribution in [0.15, 0.2) is 40.5 Å². The molecule has 4 aromatic rings. The molecule has 0 aliphatic carbocycles. The highest BCUT2D eigenvalue weighted by atomic mass is 32.1. The van der Waals surface area contributed by atoms with Crippen molar-refractivity contribution in [2.45, 2.75) is 79.1 Å². The Morgan fingerprint density at radius 2 is 1.97 bits per heavy atom. The number of hydrogen-bond donors (Lipinski definition) is 1. The highest BCUT2D eigenvalue weighted by molar-refractivity contribution is 7.09. The van der Waals surface area contributed by atoms with Crippen LogP contribution in [0.1, 0.15) is 74.0 Å². The maximum atomic E-state index is 13.2. The van der Waals surface area contributed by atoms with Crippen LogP contribution >= 0.6 is 11.3 Å². The van der Waals surface area contributed by atoms with Gasteiger partial charge in [0.2, 0.25) is 0 Å². The summed E-state index contributed by atoms with van der Waals surface area (Å²) in [7, 11) is 0. The number of benzene rings is 1. The van der Waals surface area contributed by atoms with Crippen molar-refractivity contribution in [3.63, 3.8) is 0 Å². The minimum absolute atomic E-state index is 0.0180. The average molecular weight is 479 g/mol. The van der Waals surface area contributed by atoms with E-state index in [0.29, 0.717) is 6.54 Å². The zero-order valence-electron chi connectivity index (χ0n) is 20.9. The van der Waals surface area contributed by atoms with Gasteiger partial charge >= 0.3 is 0 Å². The Morgan fingerprint density at radius 1 is 1.18 bits per heavy atom. The summed E-state index contributed by atoms with van der Waals surface area (Å²) in [5.41, 5.74) is 3.67. The lowest BCUT2D eigenvalue weighted by molar-refractivity contribution is 0.150. The van der Waals surface area contributed by atoms with Crippen molar-refractivity contribution in [1.29, 1.82) is 0 Å². The predicted octanol–water partition coefficient (Wildman–Crippen LogP) is 5.49. The molecule has 0 saturated heterocycles. The molecule has 180 valence electrons. The maximum Gasteiger partial charge on any atom is 0.252 e. The van der Waals surface area contributed by atoms with E-state index in [1.807, 2.05) is 10.7 Å². The summed E-state index contributed by atoms with van der Waals surface area (Å²) in [6.45, 7) is 13.9. The van der Waals surface area contributed by atoms with Crippen LogP contribution in [0.3, 0.4) is 0 Å². The topological polar surface area (TPSA) is 79.7 Å². The number of hydrogen-bond acceptors (Lipinski definition) is 6. The number of H-pyrrole nitrogens is 1. The Balaban J connectivity index is 1.79. The van der Waals surface area contributed by atoms with Crippen molar-refractivity contribution >= 4 is 22.2 Å². The first kappa shape index (κ1) is 24.3. The van der Waals surface area contributed by atoms with Crippen molar-refractivity contribution in [2.24, 2.45) is 0 Å². The van der Waals surface area contributed by atoms with Gasteiger partial charge in [-0.3, -0.25) is 9.69 Å². The molecule has 3 heterocycles. The monoisotopic (exact) mass is 478 g/mol. The molecule has 0 radical (unpaired) electrons. The molecule has 1 aromatic carbocycles. The second kappa shape index (κ2) is 9.80. The molecule has 7 nitrogen and oxygen atoms in total. The van der Waals surface area contributed by atoms with Crippen LogP contribution in [-0.2, 0) is 18.6 Å². The summed E-state index contributed by atoms with van der Waals surface area (Å²) in [5, 5.41) is 16.0. The summed E-state index contributed by atoms with van der Waals surface area (Å²) >= 11 is 1.73. The van der Waals surface area contributed by atoms with Crippen LogP contribution < -0.4 is 5.56 Å². The summed E-state index contributed by atoms with van der Waals surface area (Å²) in [4.78, 5) is 19.9. The van der Waals surface area contributed by atoms with Gasteiger partial charge in [0.15, 0.2) is 5.82 Å². The number of pyridine rings is 1. The van der Waals surface area contributed by atoms with Gasteiger partial charge in [0.1, 0.15) is 0 Å². The molecule has 0 amide bonds. The number of tetrazole rings is 1. The standard InChI is InChI=1S/C26H34N6OS/c1-7-9-23(24-28-29-30-32(24)26(4,5)6)31(16-20-10-8-11-34-20)15-19-14-21-18(3)12-17(2)13-22(21)27-25(19)33/h8,10-14,23H,7,9,15-16H2,1-6H3,(H,27,33)/t23-/m0/s1. The number of thiophene rings is 1. The van der Waals surface area contributed by atoms with E-state index in [-0.39, 0.29) is 17.1 Å². The molecule has 8 heteroatoms. The highest BCUT2D eigenvalue weighted by Gasteiger charge is 2.30. The molecule has 1 N–H and O–H groups in total. The molecule has 0 aliphatic rings. The van der Waals surface area contributed by atoms with Crippen LogP contribution in [0.4, 0.5) is 0 Å². The van der Waals surface area contributed by atoms with Crippen molar-refractivity contribution in [1.82, 2.24) is 30.1 Å². The van der Waals surface area contributed by atoms with E-state index in [0.717, 1.165) is 47.2 Å². The van der Waals surface area contributed by atoms with E-state index in [1.54, 1.807) is 11.3 Å². The fourth-order valence-electron chi connectivity index (χ4n) is 4.56.